The molecule has 0 aliphatic heterocycles. The van der Waals surface area contributed by atoms with Crippen molar-refractivity contribution in [2.75, 3.05) is 19.0 Å². The van der Waals surface area contributed by atoms with Gasteiger partial charge in [-0.3, -0.25) is 4.79 Å². The van der Waals surface area contributed by atoms with Gasteiger partial charge in [0.05, 0.1) is 18.9 Å². The summed E-state index contributed by atoms with van der Waals surface area (Å²) in [5, 5.41) is 2.83. The van der Waals surface area contributed by atoms with E-state index in [1.165, 1.54) is 6.07 Å². The third kappa shape index (κ3) is 4.11. The molecule has 0 unspecified atom stereocenters. The number of ether oxygens (including phenoxy) is 1. The predicted octanol–water partition coefficient (Wildman–Crippen LogP) is 3.06. The monoisotopic (exact) mass is 253 g/mol. The molecular formula is C14H20FNO2. The zero-order valence-electron chi connectivity index (χ0n) is 11.2. The summed E-state index contributed by atoms with van der Waals surface area (Å²) in [5.74, 6) is -0.0972. The van der Waals surface area contributed by atoms with Crippen LogP contribution < -0.4 is 5.32 Å². The molecule has 0 aromatic heterocycles. The number of Topliss-reactive ketones (excluding diaryl/α,β-unsaturated/α-hetero) is 1. The van der Waals surface area contributed by atoms with E-state index in [0.29, 0.717) is 31.7 Å². The summed E-state index contributed by atoms with van der Waals surface area (Å²) in [7, 11) is 1.68. The summed E-state index contributed by atoms with van der Waals surface area (Å²) < 4.78 is 19.0. The van der Waals surface area contributed by atoms with Crippen LogP contribution in [0.5, 0.6) is 0 Å². The van der Waals surface area contributed by atoms with E-state index >= 15 is 0 Å². The van der Waals surface area contributed by atoms with Gasteiger partial charge in [0.2, 0.25) is 0 Å². The molecule has 0 atom stereocenters. The molecule has 0 fully saturated rings. The Hall–Kier alpha value is -1.42. The maximum absolute atomic E-state index is 13.6. The maximum Gasteiger partial charge on any atom is 0.146 e. The number of aryl methyl sites for hydroxylation is 1. The number of anilines is 1. The van der Waals surface area contributed by atoms with Gasteiger partial charge in [-0.1, -0.05) is 13.0 Å². The topological polar surface area (TPSA) is 38.3 Å². The quantitative estimate of drug-likeness (QED) is 0.759. The average molecular weight is 253 g/mol. The molecule has 0 aliphatic rings. The highest BCUT2D eigenvalue weighted by atomic mass is 19.1. The number of benzene rings is 1. The lowest BCUT2D eigenvalue weighted by Crippen LogP contribution is -2.05. The second-order valence-electron chi connectivity index (χ2n) is 4.23. The van der Waals surface area contributed by atoms with Gasteiger partial charge in [0.1, 0.15) is 11.6 Å². The first kappa shape index (κ1) is 14.6. The van der Waals surface area contributed by atoms with Crippen molar-refractivity contribution in [2.24, 2.45) is 0 Å². The van der Waals surface area contributed by atoms with Crippen molar-refractivity contribution < 1.29 is 13.9 Å². The standard InChI is InChI=1S/C14H20FNO2/c1-4-12(17)5-6-18-9-11-7-10(2)8-13(15)14(11)16-3/h7-8,16H,4-6,9H2,1-3H3. The fraction of sp³-hybridized carbons (Fsp3) is 0.500. The fourth-order valence-corrected chi connectivity index (χ4v) is 1.75. The lowest BCUT2D eigenvalue weighted by molar-refractivity contribution is -0.119. The van der Waals surface area contributed by atoms with Crippen molar-refractivity contribution in [3.8, 4) is 0 Å². The van der Waals surface area contributed by atoms with Crippen LogP contribution in [0.25, 0.3) is 0 Å². The molecule has 0 aliphatic carbocycles. The van der Waals surface area contributed by atoms with Gasteiger partial charge in [-0.15, -0.1) is 0 Å². The van der Waals surface area contributed by atoms with Gasteiger partial charge in [-0.25, -0.2) is 4.39 Å². The fourth-order valence-electron chi connectivity index (χ4n) is 1.75. The Kier molecular flexibility index (Phi) is 5.78. The highest BCUT2D eigenvalue weighted by Gasteiger charge is 2.08. The third-order valence-corrected chi connectivity index (χ3v) is 2.74. The number of hydrogen-bond donors (Lipinski definition) is 1. The summed E-state index contributed by atoms with van der Waals surface area (Å²) in [5.41, 5.74) is 2.09. The summed E-state index contributed by atoms with van der Waals surface area (Å²) in [6.45, 7) is 4.36. The second kappa shape index (κ2) is 7.11. The Morgan fingerprint density at radius 1 is 1.44 bits per heavy atom. The lowest BCUT2D eigenvalue weighted by Gasteiger charge is -2.12. The Morgan fingerprint density at radius 2 is 2.17 bits per heavy atom. The minimum Gasteiger partial charge on any atom is -0.385 e. The molecule has 18 heavy (non-hydrogen) atoms. The van der Waals surface area contributed by atoms with Gasteiger partial charge >= 0.3 is 0 Å². The SMILES string of the molecule is CCC(=O)CCOCc1cc(C)cc(F)c1NC. The molecule has 3 nitrogen and oxygen atoms in total. The van der Waals surface area contributed by atoms with Crippen LogP contribution in [0.1, 0.15) is 30.9 Å². The van der Waals surface area contributed by atoms with Crippen LogP contribution in [-0.2, 0) is 16.1 Å². The van der Waals surface area contributed by atoms with Gasteiger partial charge in [0, 0.05) is 25.5 Å². The van der Waals surface area contributed by atoms with E-state index < -0.39 is 0 Å². The van der Waals surface area contributed by atoms with Crippen LogP contribution in [0.15, 0.2) is 12.1 Å². The molecule has 1 aromatic carbocycles. The zero-order valence-corrected chi connectivity index (χ0v) is 11.2. The molecule has 0 amide bonds. The van der Waals surface area contributed by atoms with Crippen molar-refractivity contribution in [3.05, 3.63) is 29.1 Å². The van der Waals surface area contributed by atoms with Crippen LogP contribution in [0.3, 0.4) is 0 Å². The van der Waals surface area contributed by atoms with E-state index in [1.54, 1.807) is 7.05 Å². The number of nitrogens with one attached hydrogen (secondary N) is 1. The molecule has 1 rings (SSSR count). The Morgan fingerprint density at radius 3 is 2.78 bits per heavy atom. The Balaban J connectivity index is 2.58. The smallest absolute Gasteiger partial charge is 0.146 e. The molecule has 100 valence electrons. The van der Waals surface area contributed by atoms with Crippen LogP contribution in [0, 0.1) is 12.7 Å². The summed E-state index contributed by atoms with van der Waals surface area (Å²) in [6.07, 6.45) is 0.948. The number of hydrogen-bond acceptors (Lipinski definition) is 3. The maximum atomic E-state index is 13.6. The molecule has 1 N–H and O–H groups in total. The van der Waals surface area contributed by atoms with E-state index in [1.807, 2.05) is 19.9 Å². The van der Waals surface area contributed by atoms with Crippen LogP contribution >= 0.6 is 0 Å². The van der Waals surface area contributed by atoms with Crippen molar-refractivity contribution in [2.45, 2.75) is 33.3 Å². The zero-order chi connectivity index (χ0) is 13.5. The van der Waals surface area contributed by atoms with Crippen molar-refractivity contribution in [1.82, 2.24) is 0 Å². The van der Waals surface area contributed by atoms with E-state index in [9.17, 15) is 9.18 Å². The summed E-state index contributed by atoms with van der Waals surface area (Å²) in [4.78, 5) is 11.1. The number of carbonyl (C=O) groups is 1. The molecule has 1 aromatic rings. The van der Waals surface area contributed by atoms with Crippen LogP contribution in [-0.4, -0.2) is 19.4 Å². The molecule has 0 saturated carbocycles. The minimum atomic E-state index is -0.277. The van der Waals surface area contributed by atoms with E-state index in [2.05, 4.69) is 5.32 Å². The molecule has 4 heteroatoms. The normalized spacial score (nSPS) is 10.4. The first-order chi connectivity index (χ1) is 8.58. The molecular weight excluding hydrogens is 233 g/mol. The van der Waals surface area contributed by atoms with Crippen LogP contribution in [0.4, 0.5) is 10.1 Å². The van der Waals surface area contributed by atoms with Gasteiger partial charge in [-0.05, 0) is 18.6 Å². The largest absolute Gasteiger partial charge is 0.385 e. The van der Waals surface area contributed by atoms with Crippen molar-refractivity contribution in [3.63, 3.8) is 0 Å². The number of ketones is 1. The lowest BCUT2D eigenvalue weighted by atomic mass is 10.1. The third-order valence-electron chi connectivity index (χ3n) is 2.74. The Bertz CT molecular complexity index is 419. The van der Waals surface area contributed by atoms with E-state index in [0.717, 1.165) is 11.1 Å². The summed E-state index contributed by atoms with van der Waals surface area (Å²) >= 11 is 0. The number of carbonyl (C=O) groups excluding carboxylic acids is 1. The number of rotatable bonds is 7. The van der Waals surface area contributed by atoms with Gasteiger partial charge in [0.15, 0.2) is 0 Å². The van der Waals surface area contributed by atoms with Crippen LogP contribution in [0.2, 0.25) is 0 Å². The highest BCUT2D eigenvalue weighted by Crippen LogP contribution is 2.22. The highest BCUT2D eigenvalue weighted by molar-refractivity contribution is 5.78. The number of halogens is 1. The minimum absolute atomic E-state index is 0.180. The molecule has 0 saturated heterocycles. The average Bonchev–Trinajstić information content (AvgIpc) is 2.33. The van der Waals surface area contributed by atoms with Gasteiger partial charge < -0.3 is 10.1 Å². The van der Waals surface area contributed by atoms with Crippen molar-refractivity contribution in [1.29, 1.82) is 0 Å². The molecule has 0 bridgehead atoms. The van der Waals surface area contributed by atoms with E-state index in [-0.39, 0.29) is 11.6 Å². The van der Waals surface area contributed by atoms with Crippen molar-refractivity contribution >= 4 is 11.5 Å². The predicted molar refractivity (Wildman–Crippen MR) is 70.3 cm³/mol. The molecule has 0 heterocycles. The Labute approximate surface area is 107 Å². The van der Waals surface area contributed by atoms with Gasteiger partial charge in [-0.2, -0.15) is 0 Å². The second-order valence-corrected chi connectivity index (χ2v) is 4.23. The molecule has 0 spiro atoms. The first-order valence-electron chi connectivity index (χ1n) is 6.14. The summed E-state index contributed by atoms with van der Waals surface area (Å²) in [6, 6.07) is 3.37. The molecule has 0 radical (unpaired) electrons. The van der Waals surface area contributed by atoms with Gasteiger partial charge in [0.25, 0.3) is 0 Å². The first-order valence-corrected chi connectivity index (χ1v) is 6.14. The van der Waals surface area contributed by atoms with E-state index in [4.69, 9.17) is 4.74 Å².